The molecule has 0 aliphatic carbocycles. The summed E-state index contributed by atoms with van der Waals surface area (Å²) in [5, 5.41) is 0. The normalized spacial score (nSPS) is 17.7. The monoisotopic (exact) mass is 292 g/mol. The first-order valence-corrected chi connectivity index (χ1v) is 7.52. The molecule has 1 saturated heterocycles. The topological polar surface area (TPSA) is 64.8 Å². The van der Waals surface area contributed by atoms with E-state index >= 15 is 0 Å². The highest BCUT2D eigenvalue weighted by Crippen LogP contribution is 2.22. The van der Waals surface area contributed by atoms with E-state index in [1.807, 2.05) is 24.3 Å². The summed E-state index contributed by atoms with van der Waals surface area (Å²) in [6, 6.07) is 7.62. The van der Waals surface area contributed by atoms with Crippen molar-refractivity contribution in [2.24, 2.45) is 5.73 Å². The zero-order valence-corrected chi connectivity index (χ0v) is 12.6. The molecule has 21 heavy (non-hydrogen) atoms. The van der Waals surface area contributed by atoms with E-state index in [2.05, 4.69) is 0 Å². The number of rotatable bonds is 7. The number of hydrogen-bond donors (Lipinski definition) is 1. The second-order valence-electron chi connectivity index (χ2n) is 5.30. The maximum absolute atomic E-state index is 12.0. The van der Waals surface area contributed by atoms with E-state index in [-0.39, 0.29) is 12.0 Å². The minimum atomic E-state index is 0.112. The summed E-state index contributed by atoms with van der Waals surface area (Å²) in [5.74, 6) is 0.930. The Bertz CT molecular complexity index is 441. The van der Waals surface area contributed by atoms with Crippen molar-refractivity contribution in [3.8, 4) is 5.75 Å². The lowest BCUT2D eigenvalue weighted by Crippen LogP contribution is -2.26. The third kappa shape index (κ3) is 4.72. The van der Waals surface area contributed by atoms with E-state index in [9.17, 15) is 4.79 Å². The van der Waals surface area contributed by atoms with E-state index < -0.39 is 0 Å². The van der Waals surface area contributed by atoms with Crippen LogP contribution in [0.1, 0.15) is 25.7 Å². The van der Waals surface area contributed by atoms with Crippen LogP contribution in [-0.4, -0.2) is 38.8 Å². The lowest BCUT2D eigenvalue weighted by molar-refractivity contribution is -0.118. The van der Waals surface area contributed by atoms with Gasteiger partial charge in [-0.3, -0.25) is 4.79 Å². The van der Waals surface area contributed by atoms with Crippen LogP contribution in [0.2, 0.25) is 0 Å². The fraction of sp³-hybridized carbons (Fsp3) is 0.562. The number of nitrogens with two attached hydrogens (primary N) is 1. The molecule has 1 aliphatic heterocycles. The number of unbranched alkanes of at least 4 members (excludes halogenated alkanes) is 1. The molecule has 1 fully saturated rings. The maximum Gasteiger partial charge on any atom is 0.226 e. The molecule has 2 N–H and O–H groups in total. The molecule has 116 valence electrons. The molecule has 0 saturated carbocycles. The largest absolute Gasteiger partial charge is 0.488 e. The Morgan fingerprint density at radius 1 is 1.38 bits per heavy atom. The number of ether oxygens (including phenoxy) is 2. The average Bonchev–Trinajstić information content (AvgIpc) is 3.00. The van der Waals surface area contributed by atoms with Crippen LogP contribution in [0.3, 0.4) is 0 Å². The summed E-state index contributed by atoms with van der Waals surface area (Å²) in [6.07, 6.45) is 3.33. The van der Waals surface area contributed by atoms with Gasteiger partial charge >= 0.3 is 0 Å². The molecule has 0 spiro atoms. The van der Waals surface area contributed by atoms with Gasteiger partial charge in [0, 0.05) is 25.6 Å². The molecule has 1 aliphatic rings. The third-order valence-electron chi connectivity index (χ3n) is 3.63. The van der Waals surface area contributed by atoms with Gasteiger partial charge in [-0.2, -0.15) is 0 Å². The summed E-state index contributed by atoms with van der Waals surface area (Å²) in [7, 11) is 1.80. The molecule has 1 unspecified atom stereocenters. The summed E-state index contributed by atoms with van der Waals surface area (Å²) < 4.78 is 11.1. The molecule has 1 heterocycles. The highest BCUT2D eigenvalue weighted by Gasteiger charge is 2.17. The Morgan fingerprint density at radius 3 is 2.76 bits per heavy atom. The van der Waals surface area contributed by atoms with E-state index in [0.29, 0.717) is 19.6 Å². The van der Waals surface area contributed by atoms with Crippen molar-refractivity contribution in [1.29, 1.82) is 0 Å². The zero-order chi connectivity index (χ0) is 15.1. The van der Waals surface area contributed by atoms with Crippen LogP contribution < -0.4 is 15.4 Å². The average molecular weight is 292 g/mol. The summed E-state index contributed by atoms with van der Waals surface area (Å²) in [5.41, 5.74) is 6.32. The number of carbonyl (C=O) groups is 1. The van der Waals surface area contributed by atoms with E-state index in [4.69, 9.17) is 15.2 Å². The fourth-order valence-corrected chi connectivity index (χ4v) is 2.28. The number of hydrogen-bond acceptors (Lipinski definition) is 4. The third-order valence-corrected chi connectivity index (χ3v) is 3.63. The van der Waals surface area contributed by atoms with Crippen molar-refractivity contribution in [3.63, 3.8) is 0 Å². The molecule has 5 heteroatoms. The number of anilines is 1. The first kappa shape index (κ1) is 15.8. The van der Waals surface area contributed by atoms with Crippen LogP contribution in [0.15, 0.2) is 24.3 Å². The highest BCUT2D eigenvalue weighted by atomic mass is 16.5. The molecule has 0 bridgehead atoms. The fourth-order valence-electron chi connectivity index (χ4n) is 2.28. The minimum absolute atomic E-state index is 0.112. The number of amides is 1. The van der Waals surface area contributed by atoms with Crippen LogP contribution in [-0.2, 0) is 9.53 Å². The van der Waals surface area contributed by atoms with Crippen molar-refractivity contribution in [3.05, 3.63) is 24.3 Å². The number of carbonyl (C=O) groups excluding carboxylic acids is 1. The smallest absolute Gasteiger partial charge is 0.226 e. The zero-order valence-electron chi connectivity index (χ0n) is 12.6. The molecular weight excluding hydrogens is 268 g/mol. The first-order valence-electron chi connectivity index (χ1n) is 7.52. The standard InChI is InChI=1S/C16H24N2O3/c1-18(16(19)4-2-3-10-17)13-5-7-14(8-6-13)21-15-9-11-20-12-15/h5-8,15H,2-4,9-12,17H2,1H3. The van der Waals surface area contributed by atoms with Gasteiger partial charge in [0.15, 0.2) is 0 Å². The van der Waals surface area contributed by atoms with Gasteiger partial charge in [-0.05, 0) is 43.7 Å². The molecule has 1 aromatic carbocycles. The summed E-state index contributed by atoms with van der Waals surface area (Å²) in [6.45, 7) is 2.05. The molecule has 1 amide bonds. The predicted molar refractivity (Wildman–Crippen MR) is 82.6 cm³/mol. The predicted octanol–water partition coefficient (Wildman–Crippen LogP) is 1.95. The van der Waals surface area contributed by atoms with Crippen molar-refractivity contribution < 1.29 is 14.3 Å². The van der Waals surface area contributed by atoms with Crippen LogP contribution in [0, 0.1) is 0 Å². The van der Waals surface area contributed by atoms with E-state index in [1.54, 1.807) is 11.9 Å². The lowest BCUT2D eigenvalue weighted by Gasteiger charge is -2.18. The molecule has 0 aromatic heterocycles. The van der Waals surface area contributed by atoms with Gasteiger partial charge in [-0.1, -0.05) is 0 Å². The number of benzene rings is 1. The van der Waals surface area contributed by atoms with Gasteiger partial charge in [-0.25, -0.2) is 0 Å². The van der Waals surface area contributed by atoms with Crippen LogP contribution in [0.5, 0.6) is 5.75 Å². The van der Waals surface area contributed by atoms with Crippen LogP contribution in [0.25, 0.3) is 0 Å². The summed E-state index contributed by atoms with van der Waals surface area (Å²) in [4.78, 5) is 13.7. The maximum atomic E-state index is 12.0. The number of nitrogens with zero attached hydrogens (tertiary/aromatic N) is 1. The van der Waals surface area contributed by atoms with Gasteiger partial charge in [-0.15, -0.1) is 0 Å². The van der Waals surface area contributed by atoms with Crippen molar-refractivity contribution in [2.45, 2.75) is 31.8 Å². The Labute approximate surface area is 126 Å². The van der Waals surface area contributed by atoms with Gasteiger partial charge in [0.1, 0.15) is 11.9 Å². The second-order valence-corrected chi connectivity index (χ2v) is 5.30. The first-order chi connectivity index (χ1) is 10.2. The minimum Gasteiger partial charge on any atom is -0.488 e. The molecule has 0 radical (unpaired) electrons. The molecule has 5 nitrogen and oxygen atoms in total. The Morgan fingerprint density at radius 2 is 2.14 bits per heavy atom. The highest BCUT2D eigenvalue weighted by molar-refractivity contribution is 5.92. The second kappa shape index (κ2) is 8.00. The van der Waals surface area contributed by atoms with Crippen LogP contribution in [0.4, 0.5) is 5.69 Å². The molecule has 1 aromatic rings. The lowest BCUT2D eigenvalue weighted by atomic mass is 10.2. The molecule has 2 rings (SSSR count). The van der Waals surface area contributed by atoms with E-state index in [0.717, 1.165) is 37.3 Å². The molecule has 1 atom stereocenters. The Hall–Kier alpha value is -1.59. The molecular formula is C16H24N2O3. The van der Waals surface area contributed by atoms with Gasteiger partial charge in [0.05, 0.1) is 13.2 Å². The Kier molecular flexibility index (Phi) is 6.02. The SMILES string of the molecule is CN(C(=O)CCCCN)c1ccc(OC2CCOC2)cc1. The van der Waals surface area contributed by atoms with E-state index in [1.165, 1.54) is 0 Å². The Balaban J connectivity index is 1.86. The quantitative estimate of drug-likeness (QED) is 0.780. The van der Waals surface area contributed by atoms with Gasteiger partial charge < -0.3 is 20.1 Å². The van der Waals surface area contributed by atoms with Crippen molar-refractivity contribution in [1.82, 2.24) is 0 Å². The van der Waals surface area contributed by atoms with Gasteiger partial charge in [0.25, 0.3) is 0 Å². The summed E-state index contributed by atoms with van der Waals surface area (Å²) >= 11 is 0. The van der Waals surface area contributed by atoms with Crippen molar-refractivity contribution >= 4 is 11.6 Å². The van der Waals surface area contributed by atoms with Crippen molar-refractivity contribution in [2.75, 3.05) is 31.7 Å². The van der Waals surface area contributed by atoms with Gasteiger partial charge in [0.2, 0.25) is 5.91 Å². The van der Waals surface area contributed by atoms with Crippen LogP contribution >= 0.6 is 0 Å².